The molecule has 0 aliphatic carbocycles. The van der Waals surface area contributed by atoms with E-state index in [1.54, 1.807) is 0 Å². The summed E-state index contributed by atoms with van der Waals surface area (Å²) in [6.07, 6.45) is 0. The molecular formula is C16H18ClN. The molecule has 0 spiro atoms. The molecular weight excluding hydrogens is 242 g/mol. The van der Waals surface area contributed by atoms with Gasteiger partial charge in [-0.1, -0.05) is 61.8 Å². The van der Waals surface area contributed by atoms with Gasteiger partial charge >= 0.3 is 0 Å². The zero-order chi connectivity index (χ0) is 13.0. The Morgan fingerprint density at radius 2 is 1.78 bits per heavy atom. The molecule has 0 saturated carbocycles. The average molecular weight is 260 g/mol. The van der Waals surface area contributed by atoms with Crippen LogP contribution in [0.25, 0.3) is 11.1 Å². The Labute approximate surface area is 114 Å². The largest absolute Gasteiger partial charge is 0.310 e. The normalized spacial score (nSPS) is 10.9. The first-order valence-corrected chi connectivity index (χ1v) is 6.62. The molecule has 18 heavy (non-hydrogen) atoms. The smallest absolute Gasteiger partial charge is 0.0412 e. The van der Waals surface area contributed by atoms with Gasteiger partial charge in [0.1, 0.15) is 0 Å². The first kappa shape index (κ1) is 13.1. The quantitative estimate of drug-likeness (QED) is 0.852. The van der Waals surface area contributed by atoms with Crippen LogP contribution in [0.2, 0.25) is 5.02 Å². The Morgan fingerprint density at radius 3 is 2.44 bits per heavy atom. The van der Waals surface area contributed by atoms with Crippen molar-refractivity contribution in [1.82, 2.24) is 5.32 Å². The van der Waals surface area contributed by atoms with E-state index >= 15 is 0 Å². The zero-order valence-corrected chi connectivity index (χ0v) is 11.5. The third-order valence-electron chi connectivity index (χ3n) is 2.86. The maximum Gasteiger partial charge on any atom is 0.0412 e. The maximum absolute atomic E-state index is 6.11. The summed E-state index contributed by atoms with van der Waals surface area (Å²) < 4.78 is 0. The molecule has 2 aromatic carbocycles. The average Bonchev–Trinajstić information content (AvgIpc) is 2.38. The molecule has 0 saturated heterocycles. The van der Waals surface area contributed by atoms with Gasteiger partial charge in [-0.3, -0.25) is 0 Å². The summed E-state index contributed by atoms with van der Waals surface area (Å²) in [6.45, 7) is 5.16. The molecule has 0 aliphatic rings. The van der Waals surface area contributed by atoms with Gasteiger partial charge in [0, 0.05) is 17.6 Å². The van der Waals surface area contributed by atoms with Crippen LogP contribution in [0.4, 0.5) is 0 Å². The summed E-state index contributed by atoms with van der Waals surface area (Å²) in [7, 11) is 0. The monoisotopic (exact) mass is 259 g/mol. The number of rotatable bonds is 4. The summed E-state index contributed by atoms with van der Waals surface area (Å²) in [4.78, 5) is 0. The van der Waals surface area contributed by atoms with E-state index in [4.69, 9.17) is 11.6 Å². The van der Waals surface area contributed by atoms with Gasteiger partial charge in [-0.15, -0.1) is 0 Å². The van der Waals surface area contributed by atoms with Crippen molar-refractivity contribution < 1.29 is 0 Å². The molecule has 2 heteroatoms. The Hall–Kier alpha value is -1.31. The highest BCUT2D eigenvalue weighted by atomic mass is 35.5. The predicted octanol–water partition coefficient (Wildman–Crippen LogP) is 4.51. The second-order valence-corrected chi connectivity index (χ2v) is 5.14. The molecule has 0 unspecified atom stereocenters. The summed E-state index contributed by atoms with van der Waals surface area (Å²) in [5, 5.41) is 4.23. The molecule has 1 nitrogen and oxygen atoms in total. The van der Waals surface area contributed by atoms with Crippen molar-refractivity contribution in [1.29, 1.82) is 0 Å². The van der Waals surface area contributed by atoms with Crippen LogP contribution in [0.5, 0.6) is 0 Å². The van der Waals surface area contributed by atoms with Crippen LogP contribution in [0.15, 0.2) is 48.5 Å². The van der Waals surface area contributed by atoms with E-state index in [2.05, 4.69) is 49.5 Å². The Morgan fingerprint density at radius 1 is 1.06 bits per heavy atom. The summed E-state index contributed by atoms with van der Waals surface area (Å²) in [6, 6.07) is 16.9. The predicted molar refractivity (Wildman–Crippen MR) is 78.9 cm³/mol. The third-order valence-corrected chi connectivity index (χ3v) is 3.09. The lowest BCUT2D eigenvalue weighted by Gasteiger charge is -2.13. The topological polar surface area (TPSA) is 12.0 Å². The van der Waals surface area contributed by atoms with E-state index in [-0.39, 0.29) is 0 Å². The molecule has 0 fully saturated rings. The molecule has 2 rings (SSSR count). The Kier molecular flexibility index (Phi) is 4.40. The van der Waals surface area contributed by atoms with E-state index in [1.165, 1.54) is 16.7 Å². The number of benzene rings is 2. The second kappa shape index (κ2) is 6.03. The second-order valence-electron chi connectivity index (χ2n) is 4.70. The van der Waals surface area contributed by atoms with Gasteiger partial charge in [-0.2, -0.15) is 0 Å². The van der Waals surface area contributed by atoms with E-state index in [0.29, 0.717) is 6.04 Å². The summed E-state index contributed by atoms with van der Waals surface area (Å²) in [5.74, 6) is 0. The number of hydrogen-bond acceptors (Lipinski definition) is 1. The van der Waals surface area contributed by atoms with Gasteiger partial charge in [0.05, 0.1) is 0 Å². The first-order valence-electron chi connectivity index (χ1n) is 6.24. The van der Waals surface area contributed by atoms with Crippen molar-refractivity contribution in [2.75, 3.05) is 0 Å². The molecule has 0 amide bonds. The highest BCUT2D eigenvalue weighted by Gasteiger charge is 2.06. The standard InChI is InChI=1S/C16H18ClN/c1-12(2)18-11-14-8-9-15(17)10-16(14)13-6-4-3-5-7-13/h3-10,12,18H,11H2,1-2H3. The van der Waals surface area contributed by atoms with Crippen LogP contribution in [-0.2, 0) is 6.54 Å². The van der Waals surface area contributed by atoms with Crippen LogP contribution < -0.4 is 5.32 Å². The van der Waals surface area contributed by atoms with Crippen LogP contribution in [0, 0.1) is 0 Å². The molecule has 0 aliphatic heterocycles. The van der Waals surface area contributed by atoms with Crippen LogP contribution in [-0.4, -0.2) is 6.04 Å². The number of halogens is 1. The van der Waals surface area contributed by atoms with Gasteiger partial charge in [0.2, 0.25) is 0 Å². The molecule has 0 heterocycles. The lowest BCUT2D eigenvalue weighted by Crippen LogP contribution is -2.22. The van der Waals surface area contributed by atoms with E-state index in [1.807, 2.05) is 18.2 Å². The number of hydrogen-bond donors (Lipinski definition) is 1. The third kappa shape index (κ3) is 3.34. The zero-order valence-electron chi connectivity index (χ0n) is 10.8. The van der Waals surface area contributed by atoms with E-state index < -0.39 is 0 Å². The van der Waals surface area contributed by atoms with Crippen molar-refractivity contribution in [3.8, 4) is 11.1 Å². The molecule has 94 valence electrons. The SMILES string of the molecule is CC(C)NCc1ccc(Cl)cc1-c1ccccc1. The van der Waals surface area contributed by atoms with Gasteiger partial charge in [0.25, 0.3) is 0 Å². The molecule has 0 atom stereocenters. The van der Waals surface area contributed by atoms with Crippen molar-refractivity contribution in [2.24, 2.45) is 0 Å². The van der Waals surface area contributed by atoms with Crippen molar-refractivity contribution in [3.63, 3.8) is 0 Å². The fraction of sp³-hybridized carbons (Fsp3) is 0.250. The molecule has 0 radical (unpaired) electrons. The first-order chi connectivity index (χ1) is 8.66. The molecule has 1 N–H and O–H groups in total. The van der Waals surface area contributed by atoms with E-state index in [9.17, 15) is 0 Å². The number of nitrogens with one attached hydrogen (secondary N) is 1. The highest BCUT2D eigenvalue weighted by Crippen LogP contribution is 2.26. The minimum atomic E-state index is 0.476. The van der Waals surface area contributed by atoms with Crippen molar-refractivity contribution in [2.45, 2.75) is 26.4 Å². The lowest BCUT2D eigenvalue weighted by atomic mass is 9.99. The fourth-order valence-corrected chi connectivity index (χ4v) is 2.08. The maximum atomic E-state index is 6.11. The van der Waals surface area contributed by atoms with Gasteiger partial charge < -0.3 is 5.32 Å². The van der Waals surface area contributed by atoms with Crippen LogP contribution in [0.1, 0.15) is 19.4 Å². The fourth-order valence-electron chi connectivity index (χ4n) is 1.90. The molecule has 0 bridgehead atoms. The van der Waals surface area contributed by atoms with Crippen LogP contribution in [0.3, 0.4) is 0 Å². The molecule has 2 aromatic rings. The van der Waals surface area contributed by atoms with Gasteiger partial charge in [0.15, 0.2) is 0 Å². The minimum Gasteiger partial charge on any atom is -0.310 e. The summed E-state index contributed by atoms with van der Waals surface area (Å²) in [5.41, 5.74) is 3.69. The Bertz CT molecular complexity index is 506. The van der Waals surface area contributed by atoms with Gasteiger partial charge in [-0.25, -0.2) is 0 Å². The summed E-state index contributed by atoms with van der Waals surface area (Å²) >= 11 is 6.11. The lowest BCUT2D eigenvalue weighted by molar-refractivity contribution is 0.589. The van der Waals surface area contributed by atoms with Crippen molar-refractivity contribution in [3.05, 3.63) is 59.1 Å². The van der Waals surface area contributed by atoms with Crippen LogP contribution >= 0.6 is 11.6 Å². The Balaban J connectivity index is 2.35. The van der Waals surface area contributed by atoms with E-state index in [0.717, 1.165) is 11.6 Å². The minimum absolute atomic E-state index is 0.476. The highest BCUT2D eigenvalue weighted by molar-refractivity contribution is 6.30. The van der Waals surface area contributed by atoms with Gasteiger partial charge in [-0.05, 0) is 28.8 Å². The van der Waals surface area contributed by atoms with Crippen molar-refractivity contribution >= 4 is 11.6 Å². The molecule has 0 aromatic heterocycles.